The van der Waals surface area contributed by atoms with E-state index in [1.165, 1.54) is 0 Å². The molecule has 0 N–H and O–H groups in total. The summed E-state index contributed by atoms with van der Waals surface area (Å²) in [4.78, 5) is 0.130. The van der Waals surface area contributed by atoms with Crippen LogP contribution in [0.15, 0.2) is 36.4 Å². The van der Waals surface area contributed by atoms with Crippen molar-refractivity contribution in [1.82, 2.24) is 0 Å². The van der Waals surface area contributed by atoms with Gasteiger partial charge in [0.25, 0.3) is 0 Å². The fourth-order valence-electron chi connectivity index (χ4n) is 2.14. The zero-order chi connectivity index (χ0) is 14.0. The van der Waals surface area contributed by atoms with Gasteiger partial charge < -0.3 is 0 Å². The minimum absolute atomic E-state index is 0.124. The third-order valence-corrected chi connectivity index (χ3v) is 4.40. The fraction of sp³-hybridized carbons (Fsp3) is 0.250. The van der Waals surface area contributed by atoms with Crippen molar-refractivity contribution in [3.8, 4) is 0 Å². The van der Waals surface area contributed by atoms with E-state index in [1.807, 2.05) is 36.4 Å². The Morgan fingerprint density at radius 1 is 1.16 bits per heavy atom. The standard InChI is InChI=1S/C16H15BrClF/c1-10-7-13(8-11(2)16(10)19)14(17)9-12-5-3-4-6-15(12)18/h3-8,14H,9H2,1-2H3. The Morgan fingerprint density at radius 3 is 2.32 bits per heavy atom. The van der Waals surface area contributed by atoms with Crippen LogP contribution in [-0.2, 0) is 6.42 Å². The van der Waals surface area contributed by atoms with Crippen molar-refractivity contribution < 1.29 is 4.39 Å². The Morgan fingerprint density at radius 2 is 1.74 bits per heavy atom. The molecule has 0 saturated heterocycles. The quantitative estimate of drug-likeness (QED) is 0.621. The van der Waals surface area contributed by atoms with Crippen molar-refractivity contribution in [2.75, 3.05) is 0 Å². The summed E-state index contributed by atoms with van der Waals surface area (Å²) >= 11 is 9.83. The summed E-state index contributed by atoms with van der Waals surface area (Å²) in [5.74, 6) is -0.124. The Balaban J connectivity index is 2.26. The minimum Gasteiger partial charge on any atom is -0.206 e. The van der Waals surface area contributed by atoms with Gasteiger partial charge in [-0.05, 0) is 48.6 Å². The molecule has 0 fully saturated rings. The maximum Gasteiger partial charge on any atom is 0.129 e. The first-order chi connectivity index (χ1) is 8.99. The van der Waals surface area contributed by atoms with E-state index < -0.39 is 0 Å². The van der Waals surface area contributed by atoms with Gasteiger partial charge in [-0.3, -0.25) is 0 Å². The van der Waals surface area contributed by atoms with E-state index in [0.29, 0.717) is 11.1 Å². The number of hydrogen-bond acceptors (Lipinski definition) is 0. The van der Waals surface area contributed by atoms with Crippen LogP contribution in [0.5, 0.6) is 0 Å². The smallest absolute Gasteiger partial charge is 0.129 e. The molecule has 1 unspecified atom stereocenters. The fourth-order valence-corrected chi connectivity index (χ4v) is 2.96. The Bertz CT molecular complexity index is 572. The van der Waals surface area contributed by atoms with E-state index in [-0.39, 0.29) is 10.6 Å². The third-order valence-electron chi connectivity index (χ3n) is 3.18. The van der Waals surface area contributed by atoms with E-state index in [0.717, 1.165) is 22.6 Å². The summed E-state index contributed by atoms with van der Waals surface area (Å²) in [5.41, 5.74) is 3.53. The van der Waals surface area contributed by atoms with Gasteiger partial charge in [-0.15, -0.1) is 0 Å². The van der Waals surface area contributed by atoms with Crippen molar-refractivity contribution in [3.05, 3.63) is 69.5 Å². The normalized spacial score (nSPS) is 12.5. The molecular weight excluding hydrogens is 327 g/mol. The van der Waals surface area contributed by atoms with Gasteiger partial charge in [0.05, 0.1) is 0 Å². The molecule has 2 rings (SSSR count). The topological polar surface area (TPSA) is 0 Å². The molecule has 0 aliphatic heterocycles. The van der Waals surface area contributed by atoms with Gasteiger partial charge in [0.15, 0.2) is 0 Å². The molecule has 0 radical (unpaired) electrons. The lowest BCUT2D eigenvalue weighted by Gasteiger charge is -2.14. The summed E-state index contributed by atoms with van der Waals surface area (Å²) in [6.45, 7) is 3.59. The van der Waals surface area contributed by atoms with Gasteiger partial charge in [-0.1, -0.05) is 57.9 Å². The maximum absolute atomic E-state index is 13.6. The SMILES string of the molecule is Cc1cc(C(Br)Cc2ccccc2Cl)cc(C)c1F. The summed E-state index contributed by atoms with van der Waals surface area (Å²) in [5, 5.41) is 0.766. The number of aryl methyl sites for hydroxylation is 2. The lowest BCUT2D eigenvalue weighted by molar-refractivity contribution is 0.608. The van der Waals surface area contributed by atoms with Crippen LogP contribution in [0.2, 0.25) is 5.02 Å². The van der Waals surface area contributed by atoms with E-state index >= 15 is 0 Å². The van der Waals surface area contributed by atoms with Crippen LogP contribution in [0, 0.1) is 19.7 Å². The highest BCUT2D eigenvalue weighted by atomic mass is 79.9. The molecule has 0 aromatic heterocycles. The number of hydrogen-bond donors (Lipinski definition) is 0. The number of alkyl halides is 1. The van der Waals surface area contributed by atoms with Crippen LogP contribution < -0.4 is 0 Å². The van der Waals surface area contributed by atoms with Gasteiger partial charge in [0, 0.05) is 9.85 Å². The van der Waals surface area contributed by atoms with Crippen molar-refractivity contribution in [1.29, 1.82) is 0 Å². The van der Waals surface area contributed by atoms with Gasteiger partial charge in [-0.2, -0.15) is 0 Å². The van der Waals surface area contributed by atoms with Crippen LogP contribution in [-0.4, -0.2) is 0 Å². The lowest BCUT2D eigenvalue weighted by atomic mass is 10.00. The van der Waals surface area contributed by atoms with Gasteiger partial charge >= 0.3 is 0 Å². The van der Waals surface area contributed by atoms with E-state index in [4.69, 9.17) is 11.6 Å². The van der Waals surface area contributed by atoms with Crippen molar-refractivity contribution >= 4 is 27.5 Å². The highest BCUT2D eigenvalue weighted by molar-refractivity contribution is 9.09. The molecule has 3 heteroatoms. The Kier molecular flexibility index (Phi) is 4.64. The zero-order valence-electron chi connectivity index (χ0n) is 10.9. The van der Waals surface area contributed by atoms with Crippen LogP contribution in [0.1, 0.15) is 27.1 Å². The zero-order valence-corrected chi connectivity index (χ0v) is 13.2. The van der Waals surface area contributed by atoms with Crippen molar-refractivity contribution in [2.24, 2.45) is 0 Å². The lowest BCUT2D eigenvalue weighted by Crippen LogP contribution is -1.99. The highest BCUT2D eigenvalue weighted by Gasteiger charge is 2.13. The van der Waals surface area contributed by atoms with Gasteiger partial charge in [0.2, 0.25) is 0 Å². The summed E-state index contributed by atoms with van der Waals surface area (Å²) in [6.07, 6.45) is 0.782. The van der Waals surface area contributed by atoms with Crippen molar-refractivity contribution in [2.45, 2.75) is 25.1 Å². The maximum atomic E-state index is 13.6. The number of rotatable bonds is 3. The molecule has 2 aromatic rings. The molecule has 0 heterocycles. The molecule has 0 spiro atoms. The van der Waals surface area contributed by atoms with E-state index in [9.17, 15) is 4.39 Å². The molecule has 0 amide bonds. The summed E-state index contributed by atoms with van der Waals surface area (Å²) in [6, 6.07) is 11.6. The summed E-state index contributed by atoms with van der Waals surface area (Å²) < 4.78 is 13.6. The molecular formula is C16H15BrClF. The summed E-state index contributed by atoms with van der Waals surface area (Å²) in [7, 11) is 0. The average Bonchev–Trinajstić information content (AvgIpc) is 2.38. The van der Waals surface area contributed by atoms with Crippen LogP contribution in [0.3, 0.4) is 0 Å². The Hall–Kier alpha value is -0.860. The van der Waals surface area contributed by atoms with Gasteiger partial charge in [0.1, 0.15) is 5.82 Å². The van der Waals surface area contributed by atoms with Crippen molar-refractivity contribution in [3.63, 3.8) is 0 Å². The first kappa shape index (κ1) is 14.5. The second-order valence-corrected chi connectivity index (χ2v) is 6.24. The minimum atomic E-state index is -0.124. The highest BCUT2D eigenvalue weighted by Crippen LogP contribution is 2.31. The van der Waals surface area contributed by atoms with E-state index in [1.54, 1.807) is 13.8 Å². The molecule has 0 bridgehead atoms. The van der Waals surface area contributed by atoms with Crippen LogP contribution in [0.4, 0.5) is 4.39 Å². The molecule has 0 aliphatic carbocycles. The number of benzene rings is 2. The molecule has 0 saturated carbocycles. The first-order valence-electron chi connectivity index (χ1n) is 6.13. The molecule has 2 aromatic carbocycles. The van der Waals surface area contributed by atoms with Crippen LogP contribution >= 0.6 is 27.5 Å². The molecule has 19 heavy (non-hydrogen) atoms. The second-order valence-electron chi connectivity index (χ2n) is 4.73. The first-order valence-corrected chi connectivity index (χ1v) is 7.42. The predicted molar refractivity (Wildman–Crippen MR) is 82.7 cm³/mol. The van der Waals surface area contributed by atoms with Gasteiger partial charge in [-0.25, -0.2) is 4.39 Å². The second kappa shape index (κ2) is 6.06. The Labute approximate surface area is 126 Å². The predicted octanol–water partition coefficient (Wildman–Crippen LogP) is 5.77. The monoisotopic (exact) mass is 340 g/mol. The number of halogens is 3. The molecule has 1 atom stereocenters. The van der Waals surface area contributed by atoms with E-state index in [2.05, 4.69) is 15.9 Å². The molecule has 0 aliphatic rings. The molecule has 0 nitrogen and oxygen atoms in total. The van der Waals surface area contributed by atoms with Crippen LogP contribution in [0.25, 0.3) is 0 Å². The largest absolute Gasteiger partial charge is 0.206 e. The third kappa shape index (κ3) is 3.37. The molecule has 100 valence electrons. The average molecular weight is 342 g/mol.